The molecule has 0 fully saturated rings. The minimum Gasteiger partial charge on any atom is -0.497 e. The number of rotatable bonds is 2. The molecule has 84 valence electrons. The van der Waals surface area contributed by atoms with Gasteiger partial charge in [0, 0.05) is 12.4 Å². The smallest absolute Gasteiger partial charge is 0.207 e. The lowest BCUT2D eigenvalue weighted by atomic mass is 10.1. The number of thiazole rings is 1. The molecule has 1 heterocycles. The molecular formula is C11H13N3OS. The fourth-order valence-electron chi connectivity index (χ4n) is 1.51. The fraction of sp³-hybridized carbons (Fsp3) is 0.182. The van der Waals surface area contributed by atoms with E-state index in [0.717, 1.165) is 21.8 Å². The summed E-state index contributed by atoms with van der Waals surface area (Å²) in [7, 11) is 3.60. The summed E-state index contributed by atoms with van der Waals surface area (Å²) in [5, 5.41) is 5.74. The highest BCUT2D eigenvalue weighted by atomic mass is 32.1. The maximum absolute atomic E-state index is 5.28. The molecule has 0 aliphatic rings. The third-order valence-electron chi connectivity index (χ3n) is 2.42. The van der Waals surface area contributed by atoms with Gasteiger partial charge in [-0.3, -0.25) is 0 Å². The van der Waals surface area contributed by atoms with Gasteiger partial charge < -0.3 is 15.1 Å². The first kappa shape index (κ1) is 10.8. The zero-order chi connectivity index (χ0) is 11.5. The monoisotopic (exact) mass is 235 g/mol. The van der Waals surface area contributed by atoms with Crippen LogP contribution in [-0.2, 0) is 7.05 Å². The first-order valence-electron chi connectivity index (χ1n) is 4.79. The molecule has 5 heteroatoms. The molecular weight excluding hydrogens is 222 g/mol. The molecule has 0 radical (unpaired) electrons. The number of methoxy groups -OCH3 is 1. The van der Waals surface area contributed by atoms with E-state index in [2.05, 4.69) is 5.10 Å². The van der Waals surface area contributed by atoms with Gasteiger partial charge in [-0.1, -0.05) is 0 Å². The van der Waals surface area contributed by atoms with E-state index in [-0.39, 0.29) is 0 Å². The molecule has 0 spiro atoms. The van der Waals surface area contributed by atoms with E-state index in [1.54, 1.807) is 7.11 Å². The van der Waals surface area contributed by atoms with E-state index in [1.807, 2.05) is 41.3 Å². The Kier molecular flexibility index (Phi) is 2.96. The maximum atomic E-state index is 5.28. The lowest BCUT2D eigenvalue weighted by Crippen LogP contribution is -2.13. The standard InChI is InChI=1S/C11H13N3OS/c1-14-10(7-16-11(14)13-12)8-3-5-9(15-2)6-4-8/h3-7H,12H2,1-2H3. The maximum Gasteiger partial charge on any atom is 0.207 e. The highest BCUT2D eigenvalue weighted by Crippen LogP contribution is 2.21. The van der Waals surface area contributed by atoms with Crippen molar-refractivity contribution < 1.29 is 4.74 Å². The van der Waals surface area contributed by atoms with Crippen LogP contribution in [0.5, 0.6) is 5.75 Å². The van der Waals surface area contributed by atoms with Gasteiger partial charge in [0.2, 0.25) is 4.80 Å². The van der Waals surface area contributed by atoms with Crippen molar-refractivity contribution in [3.05, 3.63) is 34.4 Å². The van der Waals surface area contributed by atoms with Gasteiger partial charge in [-0.25, -0.2) is 0 Å². The van der Waals surface area contributed by atoms with Crippen LogP contribution in [0.25, 0.3) is 11.3 Å². The molecule has 0 atom stereocenters. The lowest BCUT2D eigenvalue weighted by molar-refractivity contribution is 0.415. The Labute approximate surface area is 97.6 Å². The summed E-state index contributed by atoms with van der Waals surface area (Å²) in [4.78, 5) is 0.797. The number of ether oxygens (including phenoxy) is 1. The van der Waals surface area contributed by atoms with Crippen LogP contribution in [0.15, 0.2) is 34.7 Å². The average molecular weight is 235 g/mol. The van der Waals surface area contributed by atoms with E-state index in [0.29, 0.717) is 0 Å². The van der Waals surface area contributed by atoms with Crippen LogP contribution < -0.4 is 15.4 Å². The summed E-state index contributed by atoms with van der Waals surface area (Å²) in [6, 6.07) is 7.90. The number of nitrogens with zero attached hydrogens (tertiary/aromatic N) is 2. The SMILES string of the molecule is COc1ccc(-c2csc(=NN)n2C)cc1. The Bertz CT molecular complexity index is 539. The predicted octanol–water partition coefficient (Wildman–Crippen LogP) is 1.54. The molecule has 0 bridgehead atoms. The Morgan fingerprint density at radius 2 is 2.00 bits per heavy atom. The van der Waals surface area contributed by atoms with Crippen molar-refractivity contribution >= 4 is 11.3 Å². The fourth-order valence-corrected chi connectivity index (χ4v) is 2.34. The average Bonchev–Trinajstić information content (AvgIpc) is 2.70. The molecule has 4 nitrogen and oxygen atoms in total. The van der Waals surface area contributed by atoms with Crippen molar-refractivity contribution in [3.63, 3.8) is 0 Å². The van der Waals surface area contributed by atoms with Crippen LogP contribution in [0.4, 0.5) is 0 Å². The Morgan fingerprint density at radius 3 is 2.50 bits per heavy atom. The summed E-state index contributed by atoms with van der Waals surface area (Å²) in [5.74, 6) is 6.13. The van der Waals surface area contributed by atoms with E-state index in [1.165, 1.54) is 11.3 Å². The summed E-state index contributed by atoms with van der Waals surface area (Å²) < 4.78 is 7.08. The molecule has 0 saturated heterocycles. The zero-order valence-electron chi connectivity index (χ0n) is 9.18. The summed E-state index contributed by atoms with van der Waals surface area (Å²) in [6.45, 7) is 0. The Morgan fingerprint density at radius 1 is 1.31 bits per heavy atom. The first-order chi connectivity index (χ1) is 7.76. The molecule has 2 rings (SSSR count). The van der Waals surface area contributed by atoms with Crippen molar-refractivity contribution in [2.45, 2.75) is 0 Å². The first-order valence-corrected chi connectivity index (χ1v) is 5.67. The second-order valence-electron chi connectivity index (χ2n) is 3.32. The summed E-state index contributed by atoms with van der Waals surface area (Å²) in [5.41, 5.74) is 2.21. The van der Waals surface area contributed by atoms with Gasteiger partial charge in [0.1, 0.15) is 5.75 Å². The minimum absolute atomic E-state index is 0.797. The molecule has 1 aromatic heterocycles. The second kappa shape index (κ2) is 4.40. The third-order valence-corrected chi connectivity index (χ3v) is 3.35. The van der Waals surface area contributed by atoms with Crippen LogP contribution in [0, 0.1) is 0 Å². The third kappa shape index (κ3) is 1.81. The van der Waals surface area contributed by atoms with Gasteiger partial charge in [0.15, 0.2) is 0 Å². The van der Waals surface area contributed by atoms with Crippen LogP contribution in [0.3, 0.4) is 0 Å². The molecule has 0 aliphatic heterocycles. The molecule has 2 N–H and O–H groups in total. The summed E-state index contributed by atoms with van der Waals surface area (Å²) in [6.07, 6.45) is 0. The van der Waals surface area contributed by atoms with Gasteiger partial charge in [-0.05, 0) is 29.8 Å². The molecule has 16 heavy (non-hydrogen) atoms. The number of aromatic nitrogens is 1. The Balaban J connectivity index is 2.46. The lowest BCUT2D eigenvalue weighted by Gasteiger charge is -2.04. The molecule has 0 saturated carbocycles. The number of hydrogen-bond acceptors (Lipinski definition) is 4. The van der Waals surface area contributed by atoms with Gasteiger partial charge in [-0.2, -0.15) is 5.10 Å². The van der Waals surface area contributed by atoms with Crippen LogP contribution in [-0.4, -0.2) is 11.7 Å². The van der Waals surface area contributed by atoms with Gasteiger partial charge >= 0.3 is 0 Å². The number of nitrogens with two attached hydrogens (primary N) is 1. The van der Waals surface area contributed by atoms with Crippen LogP contribution in [0.2, 0.25) is 0 Å². The number of benzene rings is 1. The quantitative estimate of drug-likeness (QED) is 0.634. The van der Waals surface area contributed by atoms with Crippen LogP contribution >= 0.6 is 11.3 Å². The normalized spacial score (nSPS) is 11.8. The van der Waals surface area contributed by atoms with Crippen LogP contribution in [0.1, 0.15) is 0 Å². The topological polar surface area (TPSA) is 52.5 Å². The minimum atomic E-state index is 0.797. The van der Waals surface area contributed by atoms with Crippen molar-refractivity contribution in [2.75, 3.05) is 7.11 Å². The highest BCUT2D eigenvalue weighted by molar-refractivity contribution is 7.07. The van der Waals surface area contributed by atoms with Crippen molar-refractivity contribution in [3.8, 4) is 17.0 Å². The largest absolute Gasteiger partial charge is 0.497 e. The molecule has 0 unspecified atom stereocenters. The molecule has 1 aromatic carbocycles. The number of hydrogen-bond donors (Lipinski definition) is 1. The van der Waals surface area contributed by atoms with E-state index < -0.39 is 0 Å². The predicted molar refractivity (Wildman–Crippen MR) is 65.0 cm³/mol. The van der Waals surface area contributed by atoms with Crippen molar-refractivity contribution in [2.24, 2.45) is 18.0 Å². The van der Waals surface area contributed by atoms with Gasteiger partial charge in [0.05, 0.1) is 12.8 Å². The van der Waals surface area contributed by atoms with E-state index >= 15 is 0 Å². The van der Waals surface area contributed by atoms with E-state index in [4.69, 9.17) is 10.6 Å². The van der Waals surface area contributed by atoms with Gasteiger partial charge in [-0.15, -0.1) is 11.3 Å². The summed E-state index contributed by atoms with van der Waals surface area (Å²) >= 11 is 1.52. The highest BCUT2D eigenvalue weighted by Gasteiger charge is 2.04. The van der Waals surface area contributed by atoms with Crippen molar-refractivity contribution in [1.29, 1.82) is 0 Å². The van der Waals surface area contributed by atoms with Crippen molar-refractivity contribution in [1.82, 2.24) is 4.57 Å². The molecule has 2 aromatic rings. The second-order valence-corrected chi connectivity index (χ2v) is 4.16. The zero-order valence-corrected chi connectivity index (χ0v) is 9.99. The van der Waals surface area contributed by atoms with Gasteiger partial charge in [0.25, 0.3) is 0 Å². The Hall–Kier alpha value is -1.75. The molecule has 0 amide bonds. The van der Waals surface area contributed by atoms with E-state index in [9.17, 15) is 0 Å². The molecule has 0 aliphatic carbocycles.